The van der Waals surface area contributed by atoms with Crippen molar-refractivity contribution in [3.63, 3.8) is 0 Å². The quantitative estimate of drug-likeness (QED) is 0.851. The number of rotatable bonds is 4. The Labute approximate surface area is 123 Å². The second-order valence-electron chi connectivity index (χ2n) is 6.93. The van der Waals surface area contributed by atoms with Gasteiger partial charge in [0.25, 0.3) is 0 Å². The summed E-state index contributed by atoms with van der Waals surface area (Å²) in [6.07, 6.45) is 3.50. The van der Waals surface area contributed by atoms with Crippen LogP contribution in [-0.4, -0.2) is 23.5 Å². The molecule has 0 amide bonds. The summed E-state index contributed by atoms with van der Waals surface area (Å²) in [7, 11) is 0. The van der Waals surface area contributed by atoms with E-state index in [2.05, 4.69) is 57.0 Å². The summed E-state index contributed by atoms with van der Waals surface area (Å²) in [5.74, 6) is 2.13. The Bertz CT molecular complexity index is 480. The summed E-state index contributed by atoms with van der Waals surface area (Å²) < 4.78 is 5.91. The molecule has 0 unspecified atom stereocenters. The van der Waals surface area contributed by atoms with Crippen LogP contribution in [0.2, 0.25) is 0 Å². The van der Waals surface area contributed by atoms with Crippen LogP contribution < -0.4 is 5.32 Å². The number of hydrogen-bond donors (Lipinski definition) is 1. The Morgan fingerprint density at radius 3 is 2.65 bits per heavy atom. The van der Waals surface area contributed by atoms with E-state index < -0.39 is 0 Å². The van der Waals surface area contributed by atoms with Crippen LogP contribution in [0.15, 0.2) is 22.1 Å². The van der Waals surface area contributed by atoms with E-state index >= 15 is 0 Å². The van der Waals surface area contributed by atoms with Gasteiger partial charge < -0.3 is 9.73 Å². The van der Waals surface area contributed by atoms with Gasteiger partial charge in [0.15, 0.2) is 0 Å². The molecule has 1 aromatic heterocycles. The van der Waals surface area contributed by atoms with Gasteiger partial charge in [-0.15, -0.1) is 0 Å². The summed E-state index contributed by atoms with van der Waals surface area (Å²) in [5.41, 5.74) is 2.92. The third-order valence-electron chi connectivity index (χ3n) is 3.78. The third-order valence-corrected chi connectivity index (χ3v) is 3.78. The van der Waals surface area contributed by atoms with Crippen molar-refractivity contribution >= 4 is 0 Å². The minimum atomic E-state index is 0.138. The van der Waals surface area contributed by atoms with Crippen molar-refractivity contribution in [2.24, 2.45) is 0 Å². The Balaban J connectivity index is 1.93. The van der Waals surface area contributed by atoms with Crippen molar-refractivity contribution in [3.8, 4) is 0 Å². The van der Waals surface area contributed by atoms with Gasteiger partial charge in [-0.05, 0) is 47.1 Å². The average molecular weight is 276 g/mol. The first kappa shape index (κ1) is 15.3. The summed E-state index contributed by atoms with van der Waals surface area (Å²) in [6, 6.07) is 2.21. The lowest BCUT2D eigenvalue weighted by Crippen LogP contribution is -2.35. The maximum absolute atomic E-state index is 5.91. The van der Waals surface area contributed by atoms with E-state index in [-0.39, 0.29) is 5.54 Å². The van der Waals surface area contributed by atoms with Crippen LogP contribution in [0.3, 0.4) is 0 Å². The second-order valence-corrected chi connectivity index (χ2v) is 6.93. The van der Waals surface area contributed by atoms with E-state index in [9.17, 15) is 0 Å². The highest BCUT2D eigenvalue weighted by Gasteiger charge is 2.15. The van der Waals surface area contributed by atoms with Crippen LogP contribution in [-0.2, 0) is 13.1 Å². The van der Waals surface area contributed by atoms with Crippen molar-refractivity contribution < 1.29 is 4.42 Å². The molecule has 20 heavy (non-hydrogen) atoms. The van der Waals surface area contributed by atoms with E-state index in [4.69, 9.17) is 4.42 Å². The first-order chi connectivity index (χ1) is 9.33. The van der Waals surface area contributed by atoms with Gasteiger partial charge in [0.2, 0.25) is 0 Å². The second kappa shape index (κ2) is 6.15. The van der Waals surface area contributed by atoms with Gasteiger partial charge in [0.05, 0.1) is 6.54 Å². The highest BCUT2D eigenvalue weighted by molar-refractivity contribution is 5.21. The lowest BCUT2D eigenvalue weighted by molar-refractivity contribution is 0.259. The van der Waals surface area contributed by atoms with Gasteiger partial charge in [-0.2, -0.15) is 0 Å². The van der Waals surface area contributed by atoms with Crippen LogP contribution in [0, 0.1) is 6.92 Å². The Morgan fingerprint density at radius 1 is 1.30 bits per heavy atom. The van der Waals surface area contributed by atoms with E-state index in [0.717, 1.165) is 37.7 Å². The van der Waals surface area contributed by atoms with Crippen LogP contribution in [0.25, 0.3) is 0 Å². The molecule has 0 saturated carbocycles. The first-order valence-electron chi connectivity index (χ1n) is 7.55. The zero-order chi connectivity index (χ0) is 14.8. The molecule has 0 bridgehead atoms. The summed E-state index contributed by atoms with van der Waals surface area (Å²) >= 11 is 0. The van der Waals surface area contributed by atoms with Crippen LogP contribution in [0.4, 0.5) is 0 Å². The van der Waals surface area contributed by atoms with Crippen LogP contribution >= 0.6 is 0 Å². The average Bonchev–Trinajstić information content (AvgIpc) is 2.69. The zero-order valence-electron chi connectivity index (χ0n) is 13.5. The molecular formula is C17H28N2O. The molecular weight excluding hydrogens is 248 g/mol. The molecule has 3 nitrogen and oxygen atoms in total. The lowest BCUT2D eigenvalue weighted by Gasteiger charge is -2.24. The molecule has 0 atom stereocenters. The van der Waals surface area contributed by atoms with E-state index in [1.165, 1.54) is 17.6 Å². The fraction of sp³-hybridized carbons (Fsp3) is 0.647. The number of aryl methyl sites for hydroxylation is 1. The maximum atomic E-state index is 5.91. The van der Waals surface area contributed by atoms with Crippen molar-refractivity contribution in [2.45, 2.75) is 59.7 Å². The van der Waals surface area contributed by atoms with Gasteiger partial charge in [-0.25, -0.2) is 0 Å². The lowest BCUT2D eigenvalue weighted by atomic mass is 10.1. The zero-order valence-corrected chi connectivity index (χ0v) is 13.5. The Morgan fingerprint density at radius 2 is 2.05 bits per heavy atom. The highest BCUT2D eigenvalue weighted by Crippen LogP contribution is 2.19. The van der Waals surface area contributed by atoms with Gasteiger partial charge in [-0.3, -0.25) is 4.90 Å². The van der Waals surface area contributed by atoms with Crippen molar-refractivity contribution in [3.05, 3.63) is 34.8 Å². The molecule has 0 aromatic carbocycles. The van der Waals surface area contributed by atoms with Crippen LogP contribution in [0.5, 0.6) is 0 Å². The van der Waals surface area contributed by atoms with Crippen LogP contribution in [0.1, 0.15) is 51.2 Å². The fourth-order valence-electron chi connectivity index (χ4n) is 2.38. The van der Waals surface area contributed by atoms with Gasteiger partial charge >= 0.3 is 0 Å². The predicted octanol–water partition coefficient (Wildman–Crippen LogP) is 3.63. The Kier molecular flexibility index (Phi) is 4.71. The normalized spacial score (nSPS) is 17.4. The smallest absolute Gasteiger partial charge is 0.118 e. The minimum Gasteiger partial charge on any atom is -0.465 e. The minimum absolute atomic E-state index is 0.138. The molecule has 1 aliphatic heterocycles. The molecule has 2 rings (SSSR count). The van der Waals surface area contributed by atoms with E-state index in [0.29, 0.717) is 0 Å². The van der Waals surface area contributed by atoms with Gasteiger partial charge in [0.1, 0.15) is 11.5 Å². The summed E-state index contributed by atoms with van der Waals surface area (Å²) in [6.45, 7) is 14.8. The molecule has 1 aromatic rings. The molecule has 0 saturated heterocycles. The third kappa shape index (κ3) is 4.50. The monoisotopic (exact) mass is 276 g/mol. The van der Waals surface area contributed by atoms with E-state index in [1.807, 2.05) is 0 Å². The number of nitrogens with one attached hydrogen (secondary N) is 1. The Hall–Kier alpha value is -1.06. The number of nitrogens with zero attached hydrogens (tertiary/aromatic N) is 1. The molecule has 0 radical (unpaired) electrons. The molecule has 2 heterocycles. The van der Waals surface area contributed by atoms with E-state index in [1.54, 1.807) is 0 Å². The van der Waals surface area contributed by atoms with Crippen molar-refractivity contribution in [1.29, 1.82) is 0 Å². The molecule has 112 valence electrons. The topological polar surface area (TPSA) is 28.4 Å². The standard InChI is InChI=1S/C17H28N2O/c1-13-6-8-19(9-7-13)12-16-10-15(14(2)20-16)11-18-17(3,4)5/h6,10,18H,7-9,11-12H2,1-5H3. The molecule has 0 aliphatic carbocycles. The molecule has 1 aliphatic rings. The SMILES string of the molecule is CC1=CCN(Cc2cc(CNC(C)(C)C)c(C)o2)CC1. The van der Waals surface area contributed by atoms with Gasteiger partial charge in [0, 0.05) is 30.7 Å². The summed E-state index contributed by atoms with van der Waals surface area (Å²) in [5, 5.41) is 3.52. The maximum Gasteiger partial charge on any atom is 0.118 e. The van der Waals surface area contributed by atoms with Gasteiger partial charge in [-0.1, -0.05) is 11.6 Å². The first-order valence-corrected chi connectivity index (χ1v) is 7.55. The number of hydrogen-bond acceptors (Lipinski definition) is 3. The summed E-state index contributed by atoms with van der Waals surface area (Å²) in [4.78, 5) is 2.44. The molecule has 0 fully saturated rings. The molecule has 0 spiro atoms. The fourth-order valence-corrected chi connectivity index (χ4v) is 2.38. The molecule has 1 N–H and O–H groups in total. The van der Waals surface area contributed by atoms with Crippen molar-refractivity contribution in [2.75, 3.05) is 13.1 Å². The van der Waals surface area contributed by atoms with Crippen molar-refractivity contribution in [1.82, 2.24) is 10.2 Å². The number of furan rings is 1. The largest absolute Gasteiger partial charge is 0.465 e. The highest BCUT2D eigenvalue weighted by atomic mass is 16.3. The molecule has 3 heteroatoms. The predicted molar refractivity (Wildman–Crippen MR) is 83.7 cm³/mol.